The van der Waals surface area contributed by atoms with Gasteiger partial charge in [-0.15, -0.1) is 0 Å². The summed E-state index contributed by atoms with van der Waals surface area (Å²) in [4.78, 5) is 16.3. The Labute approximate surface area is 155 Å². The quantitative estimate of drug-likeness (QED) is 0.745. The minimum absolute atomic E-state index is 0.293. The molecule has 0 atom stereocenters. The maximum atomic E-state index is 11.5. The van der Waals surface area contributed by atoms with Crippen LogP contribution in [0.15, 0.2) is 48.5 Å². The third kappa shape index (κ3) is 4.35. The third-order valence-electron chi connectivity index (χ3n) is 4.66. The van der Waals surface area contributed by atoms with E-state index in [0.717, 1.165) is 38.5 Å². The molecule has 1 heterocycles. The van der Waals surface area contributed by atoms with E-state index >= 15 is 0 Å². The minimum atomic E-state index is -0.293. The molecule has 138 valence electrons. The van der Waals surface area contributed by atoms with E-state index in [4.69, 9.17) is 9.47 Å². The number of ether oxygens (including phenoxy) is 2. The van der Waals surface area contributed by atoms with Crippen molar-refractivity contribution in [3.8, 4) is 5.75 Å². The second-order valence-corrected chi connectivity index (χ2v) is 6.35. The van der Waals surface area contributed by atoms with Crippen molar-refractivity contribution in [1.29, 1.82) is 0 Å². The van der Waals surface area contributed by atoms with Crippen LogP contribution in [0.2, 0.25) is 0 Å². The van der Waals surface area contributed by atoms with Crippen LogP contribution in [0.5, 0.6) is 5.75 Å². The summed E-state index contributed by atoms with van der Waals surface area (Å²) in [6, 6.07) is 15.9. The van der Waals surface area contributed by atoms with Crippen LogP contribution in [0.3, 0.4) is 0 Å². The Morgan fingerprint density at radius 2 is 1.69 bits per heavy atom. The van der Waals surface area contributed by atoms with Crippen LogP contribution in [0.4, 0.5) is 5.69 Å². The van der Waals surface area contributed by atoms with Crippen LogP contribution in [-0.4, -0.2) is 50.8 Å². The van der Waals surface area contributed by atoms with E-state index in [1.165, 1.54) is 18.4 Å². The number of piperazine rings is 1. The zero-order valence-electron chi connectivity index (χ0n) is 15.5. The molecule has 0 aliphatic carbocycles. The third-order valence-corrected chi connectivity index (χ3v) is 4.66. The molecule has 0 bridgehead atoms. The largest absolute Gasteiger partial charge is 0.492 e. The zero-order chi connectivity index (χ0) is 18.4. The van der Waals surface area contributed by atoms with E-state index in [1.807, 2.05) is 43.3 Å². The summed E-state index contributed by atoms with van der Waals surface area (Å²) in [7, 11) is 1.40. The average molecular weight is 354 g/mol. The molecule has 26 heavy (non-hydrogen) atoms. The molecule has 5 nitrogen and oxygen atoms in total. The molecule has 0 radical (unpaired) electrons. The first-order valence-electron chi connectivity index (χ1n) is 9.07. The van der Waals surface area contributed by atoms with Crippen molar-refractivity contribution in [3.63, 3.8) is 0 Å². The highest BCUT2D eigenvalue weighted by molar-refractivity contribution is 5.89. The molecular formula is C21H26N2O3. The first kappa shape index (κ1) is 18.3. The highest BCUT2D eigenvalue weighted by Crippen LogP contribution is 2.29. The standard InChI is InChI=1S/C21H26N2O3/c1-3-26-20-7-5-4-6-19(20)23-14-12-22(13-15-23)16-17-8-10-18(11-9-17)21(24)25-2/h4-11H,3,12-16H2,1-2H3. The number of para-hydroxylation sites is 2. The number of esters is 1. The first-order valence-corrected chi connectivity index (χ1v) is 9.07. The number of hydrogen-bond acceptors (Lipinski definition) is 5. The van der Waals surface area contributed by atoms with Crippen molar-refractivity contribution in [2.75, 3.05) is 44.8 Å². The summed E-state index contributed by atoms with van der Waals surface area (Å²) >= 11 is 0. The molecule has 0 amide bonds. The molecule has 0 unspecified atom stereocenters. The highest BCUT2D eigenvalue weighted by Gasteiger charge is 2.19. The van der Waals surface area contributed by atoms with Crippen LogP contribution in [0.1, 0.15) is 22.8 Å². The first-order chi connectivity index (χ1) is 12.7. The van der Waals surface area contributed by atoms with Gasteiger partial charge in [0.15, 0.2) is 0 Å². The summed E-state index contributed by atoms with van der Waals surface area (Å²) in [6.45, 7) is 7.54. The van der Waals surface area contributed by atoms with E-state index in [2.05, 4.69) is 21.9 Å². The Hall–Kier alpha value is -2.53. The molecule has 3 rings (SSSR count). The molecule has 1 aliphatic heterocycles. The van der Waals surface area contributed by atoms with E-state index in [-0.39, 0.29) is 5.97 Å². The van der Waals surface area contributed by atoms with Crippen LogP contribution >= 0.6 is 0 Å². The van der Waals surface area contributed by atoms with Crippen molar-refractivity contribution in [3.05, 3.63) is 59.7 Å². The fourth-order valence-corrected chi connectivity index (χ4v) is 3.27. The summed E-state index contributed by atoms with van der Waals surface area (Å²) in [5.74, 6) is 0.667. The van der Waals surface area contributed by atoms with Gasteiger partial charge in [-0.05, 0) is 36.8 Å². The van der Waals surface area contributed by atoms with Gasteiger partial charge in [-0.2, -0.15) is 0 Å². The lowest BCUT2D eigenvalue weighted by molar-refractivity contribution is 0.0600. The Morgan fingerprint density at radius 3 is 2.35 bits per heavy atom. The number of benzene rings is 2. The normalized spacial score (nSPS) is 14.9. The summed E-state index contributed by atoms with van der Waals surface area (Å²) in [5, 5.41) is 0. The SMILES string of the molecule is CCOc1ccccc1N1CCN(Cc2ccc(C(=O)OC)cc2)CC1. The molecule has 1 fully saturated rings. The number of anilines is 1. The monoisotopic (exact) mass is 354 g/mol. The topological polar surface area (TPSA) is 42.0 Å². The van der Waals surface area contributed by atoms with Gasteiger partial charge in [0.25, 0.3) is 0 Å². The number of carbonyl (C=O) groups is 1. The van der Waals surface area contributed by atoms with Gasteiger partial charge in [-0.3, -0.25) is 4.90 Å². The molecule has 0 spiro atoms. The maximum absolute atomic E-state index is 11.5. The predicted octanol–water partition coefficient (Wildman–Crippen LogP) is 3.19. The second kappa shape index (κ2) is 8.72. The van der Waals surface area contributed by atoms with Gasteiger partial charge in [0.2, 0.25) is 0 Å². The second-order valence-electron chi connectivity index (χ2n) is 6.35. The van der Waals surface area contributed by atoms with Crippen molar-refractivity contribution in [2.45, 2.75) is 13.5 Å². The number of methoxy groups -OCH3 is 1. The van der Waals surface area contributed by atoms with Gasteiger partial charge in [0.1, 0.15) is 5.75 Å². The van der Waals surface area contributed by atoms with Gasteiger partial charge >= 0.3 is 5.97 Å². The van der Waals surface area contributed by atoms with E-state index in [9.17, 15) is 4.79 Å². The van der Waals surface area contributed by atoms with Gasteiger partial charge < -0.3 is 14.4 Å². The number of nitrogens with zero attached hydrogens (tertiary/aromatic N) is 2. The molecular weight excluding hydrogens is 328 g/mol. The van der Waals surface area contributed by atoms with E-state index in [0.29, 0.717) is 12.2 Å². The molecule has 0 N–H and O–H groups in total. The maximum Gasteiger partial charge on any atom is 0.337 e. The average Bonchev–Trinajstić information content (AvgIpc) is 2.69. The van der Waals surface area contributed by atoms with Gasteiger partial charge in [-0.25, -0.2) is 4.79 Å². The van der Waals surface area contributed by atoms with Crippen molar-refractivity contribution in [1.82, 2.24) is 4.90 Å². The molecule has 0 aromatic heterocycles. The summed E-state index contributed by atoms with van der Waals surface area (Å²) < 4.78 is 10.5. The molecule has 0 saturated carbocycles. The molecule has 5 heteroatoms. The fourth-order valence-electron chi connectivity index (χ4n) is 3.27. The van der Waals surface area contributed by atoms with Gasteiger partial charge in [0.05, 0.1) is 25.0 Å². The summed E-state index contributed by atoms with van der Waals surface area (Å²) in [6.07, 6.45) is 0. The van der Waals surface area contributed by atoms with Crippen LogP contribution in [-0.2, 0) is 11.3 Å². The molecule has 2 aromatic rings. The highest BCUT2D eigenvalue weighted by atomic mass is 16.5. The van der Waals surface area contributed by atoms with Crippen LogP contribution < -0.4 is 9.64 Å². The van der Waals surface area contributed by atoms with Crippen molar-refractivity contribution in [2.24, 2.45) is 0 Å². The van der Waals surface area contributed by atoms with E-state index in [1.54, 1.807) is 0 Å². The summed E-state index contributed by atoms with van der Waals surface area (Å²) in [5.41, 5.74) is 2.98. The smallest absolute Gasteiger partial charge is 0.337 e. The Balaban J connectivity index is 1.56. The van der Waals surface area contributed by atoms with E-state index < -0.39 is 0 Å². The molecule has 2 aromatic carbocycles. The van der Waals surface area contributed by atoms with Gasteiger partial charge in [-0.1, -0.05) is 24.3 Å². The Kier molecular flexibility index (Phi) is 6.12. The van der Waals surface area contributed by atoms with Crippen LogP contribution in [0, 0.1) is 0 Å². The fraction of sp³-hybridized carbons (Fsp3) is 0.381. The lowest BCUT2D eigenvalue weighted by Gasteiger charge is -2.36. The minimum Gasteiger partial charge on any atom is -0.492 e. The Bertz CT molecular complexity index is 722. The number of hydrogen-bond donors (Lipinski definition) is 0. The van der Waals surface area contributed by atoms with Crippen molar-refractivity contribution < 1.29 is 14.3 Å². The zero-order valence-corrected chi connectivity index (χ0v) is 15.5. The Morgan fingerprint density at radius 1 is 1.00 bits per heavy atom. The predicted molar refractivity (Wildman–Crippen MR) is 103 cm³/mol. The molecule has 1 saturated heterocycles. The van der Waals surface area contributed by atoms with Gasteiger partial charge in [0, 0.05) is 32.7 Å². The number of carbonyl (C=O) groups excluding carboxylic acids is 1. The molecule has 1 aliphatic rings. The van der Waals surface area contributed by atoms with Crippen LogP contribution in [0.25, 0.3) is 0 Å². The van der Waals surface area contributed by atoms with Crippen molar-refractivity contribution >= 4 is 11.7 Å². The lowest BCUT2D eigenvalue weighted by Crippen LogP contribution is -2.46. The number of rotatable bonds is 6. The lowest BCUT2D eigenvalue weighted by atomic mass is 10.1.